The Labute approximate surface area is 205 Å². The maximum absolute atomic E-state index is 12.6. The van der Waals surface area contributed by atoms with E-state index in [1.165, 1.54) is 0 Å². The molecular formula is C25H20BrClN4O2. The third-order valence-electron chi connectivity index (χ3n) is 4.72. The maximum atomic E-state index is 12.6. The van der Waals surface area contributed by atoms with Gasteiger partial charge in [-0.2, -0.15) is 10.2 Å². The summed E-state index contributed by atoms with van der Waals surface area (Å²) in [5, 5.41) is 9.12. The maximum Gasteiger partial charge on any atom is 0.293 e. The molecule has 0 bridgehead atoms. The summed E-state index contributed by atoms with van der Waals surface area (Å²) in [6.07, 6.45) is 3.30. The topological polar surface area (TPSA) is 68.5 Å². The van der Waals surface area contributed by atoms with Gasteiger partial charge < -0.3 is 4.74 Å². The summed E-state index contributed by atoms with van der Waals surface area (Å²) in [4.78, 5) is 12.6. The zero-order chi connectivity index (χ0) is 23.0. The van der Waals surface area contributed by atoms with Gasteiger partial charge in [-0.3, -0.25) is 9.48 Å². The second kappa shape index (κ2) is 10.9. The number of hydrogen-bond donors (Lipinski definition) is 1. The number of ether oxygens (including phenoxy) is 1. The van der Waals surface area contributed by atoms with Crippen LogP contribution in [0.15, 0.2) is 94.6 Å². The summed E-state index contributed by atoms with van der Waals surface area (Å²) in [6.45, 7) is 0.953. The Hall–Kier alpha value is -3.42. The first-order valence-corrected chi connectivity index (χ1v) is 11.3. The van der Waals surface area contributed by atoms with Gasteiger partial charge >= 0.3 is 0 Å². The minimum absolute atomic E-state index is 0.245. The summed E-state index contributed by atoms with van der Waals surface area (Å²) in [7, 11) is 0. The Morgan fingerprint density at radius 3 is 2.55 bits per heavy atom. The molecule has 0 aliphatic carbocycles. The van der Waals surface area contributed by atoms with E-state index < -0.39 is 5.91 Å². The van der Waals surface area contributed by atoms with Gasteiger partial charge in [-0.05, 0) is 51.3 Å². The molecule has 0 atom stereocenters. The first-order chi connectivity index (χ1) is 16.1. The number of benzene rings is 3. The van der Waals surface area contributed by atoms with Crippen LogP contribution in [-0.2, 0) is 13.2 Å². The second-order valence-corrected chi connectivity index (χ2v) is 8.45. The van der Waals surface area contributed by atoms with Crippen LogP contribution in [-0.4, -0.2) is 21.9 Å². The Balaban J connectivity index is 1.38. The predicted molar refractivity (Wildman–Crippen MR) is 133 cm³/mol. The van der Waals surface area contributed by atoms with E-state index in [0.717, 1.165) is 16.7 Å². The summed E-state index contributed by atoms with van der Waals surface area (Å²) in [5.74, 6) is 0.253. The second-order valence-electron chi connectivity index (χ2n) is 7.16. The van der Waals surface area contributed by atoms with Crippen LogP contribution in [0.5, 0.6) is 5.75 Å². The van der Waals surface area contributed by atoms with Crippen molar-refractivity contribution in [3.63, 3.8) is 0 Å². The van der Waals surface area contributed by atoms with Gasteiger partial charge in [0.25, 0.3) is 5.91 Å². The highest BCUT2D eigenvalue weighted by Crippen LogP contribution is 2.19. The molecule has 166 valence electrons. The molecule has 1 N–H and O–H groups in total. The number of carbonyl (C=O) groups excluding carboxylic acids is 1. The number of hydrogen-bond acceptors (Lipinski definition) is 4. The van der Waals surface area contributed by atoms with Crippen LogP contribution in [0.4, 0.5) is 0 Å². The summed E-state index contributed by atoms with van der Waals surface area (Å²) in [6, 6.07) is 24.9. The van der Waals surface area contributed by atoms with Crippen LogP contribution < -0.4 is 10.2 Å². The predicted octanol–water partition coefficient (Wildman–Crippen LogP) is 5.69. The van der Waals surface area contributed by atoms with Crippen molar-refractivity contribution in [3.05, 3.63) is 117 Å². The van der Waals surface area contributed by atoms with E-state index in [1.54, 1.807) is 17.1 Å². The number of nitrogens with zero attached hydrogens (tertiary/aromatic N) is 3. The van der Waals surface area contributed by atoms with Gasteiger partial charge in [0.15, 0.2) is 5.69 Å². The van der Waals surface area contributed by atoms with Crippen LogP contribution in [0, 0.1) is 0 Å². The molecule has 0 saturated carbocycles. The van der Waals surface area contributed by atoms with E-state index in [0.29, 0.717) is 28.4 Å². The fraction of sp³-hybridized carbons (Fsp3) is 0.0800. The molecule has 1 amide bonds. The van der Waals surface area contributed by atoms with Crippen LogP contribution >= 0.6 is 27.5 Å². The van der Waals surface area contributed by atoms with Gasteiger partial charge in [-0.15, -0.1) is 0 Å². The average Bonchev–Trinajstić information content (AvgIpc) is 3.20. The number of rotatable bonds is 8. The number of halogens is 2. The highest BCUT2D eigenvalue weighted by molar-refractivity contribution is 9.10. The van der Waals surface area contributed by atoms with E-state index in [2.05, 4.69) is 31.6 Å². The fourth-order valence-corrected chi connectivity index (χ4v) is 3.70. The zero-order valence-electron chi connectivity index (χ0n) is 17.5. The van der Waals surface area contributed by atoms with Crippen molar-refractivity contribution in [2.45, 2.75) is 13.2 Å². The molecule has 3 aromatic carbocycles. The molecule has 0 radical (unpaired) electrons. The average molecular weight is 524 g/mol. The van der Waals surface area contributed by atoms with Crippen LogP contribution in [0.3, 0.4) is 0 Å². The van der Waals surface area contributed by atoms with E-state index in [1.807, 2.05) is 78.9 Å². The van der Waals surface area contributed by atoms with E-state index in [-0.39, 0.29) is 5.69 Å². The van der Waals surface area contributed by atoms with Gasteiger partial charge in [-0.1, -0.05) is 66.2 Å². The molecule has 4 aromatic rings. The van der Waals surface area contributed by atoms with Gasteiger partial charge in [0.05, 0.1) is 17.2 Å². The number of amides is 1. The minimum Gasteiger partial charge on any atom is -0.488 e. The first-order valence-electron chi connectivity index (χ1n) is 10.1. The molecule has 33 heavy (non-hydrogen) atoms. The first kappa shape index (κ1) is 22.8. The standard InChI is InChI=1S/C25H20BrClN4O2/c26-22-16-31(15-18-10-12-21(27)13-11-18)30-24(22)25(32)29-28-14-20-8-4-5-9-23(20)33-17-19-6-2-1-3-7-19/h1-14,16H,15,17H2,(H,29,32). The van der Waals surface area contributed by atoms with Gasteiger partial charge in [0, 0.05) is 16.8 Å². The molecule has 4 rings (SSSR count). The molecule has 0 saturated heterocycles. The van der Waals surface area contributed by atoms with E-state index in [9.17, 15) is 4.79 Å². The highest BCUT2D eigenvalue weighted by Gasteiger charge is 2.15. The number of carbonyl (C=O) groups is 1. The molecule has 1 aromatic heterocycles. The Morgan fingerprint density at radius 1 is 1.03 bits per heavy atom. The SMILES string of the molecule is O=C(NN=Cc1ccccc1OCc1ccccc1)c1nn(Cc2ccc(Cl)cc2)cc1Br. The Kier molecular flexibility index (Phi) is 7.55. The molecular weight excluding hydrogens is 504 g/mol. The Morgan fingerprint density at radius 2 is 1.76 bits per heavy atom. The van der Waals surface area contributed by atoms with Crippen LogP contribution in [0.25, 0.3) is 0 Å². The number of nitrogens with one attached hydrogen (secondary N) is 1. The van der Waals surface area contributed by atoms with Crippen molar-refractivity contribution in [2.75, 3.05) is 0 Å². The third kappa shape index (κ3) is 6.31. The molecule has 0 aliphatic rings. The van der Waals surface area contributed by atoms with Crippen molar-refractivity contribution in [1.82, 2.24) is 15.2 Å². The zero-order valence-corrected chi connectivity index (χ0v) is 19.8. The lowest BCUT2D eigenvalue weighted by Gasteiger charge is -2.08. The third-order valence-corrected chi connectivity index (χ3v) is 5.55. The van der Waals surface area contributed by atoms with E-state index >= 15 is 0 Å². The minimum atomic E-state index is -0.421. The molecule has 0 unspecified atom stereocenters. The van der Waals surface area contributed by atoms with Crippen molar-refractivity contribution < 1.29 is 9.53 Å². The molecule has 8 heteroatoms. The molecule has 0 fully saturated rings. The van der Waals surface area contributed by atoms with Crippen molar-refractivity contribution in [3.8, 4) is 5.75 Å². The van der Waals surface area contributed by atoms with Crippen molar-refractivity contribution >= 4 is 39.7 Å². The fourth-order valence-electron chi connectivity index (χ4n) is 3.08. The molecule has 0 spiro atoms. The van der Waals surface area contributed by atoms with Crippen molar-refractivity contribution in [1.29, 1.82) is 0 Å². The summed E-state index contributed by atoms with van der Waals surface area (Å²) >= 11 is 9.33. The lowest BCUT2D eigenvalue weighted by atomic mass is 10.2. The molecule has 0 aliphatic heterocycles. The number of aromatic nitrogens is 2. The summed E-state index contributed by atoms with van der Waals surface area (Å²) < 4.78 is 8.18. The lowest BCUT2D eigenvalue weighted by Crippen LogP contribution is -2.19. The smallest absolute Gasteiger partial charge is 0.293 e. The quantitative estimate of drug-likeness (QED) is 0.238. The van der Waals surface area contributed by atoms with Crippen molar-refractivity contribution in [2.24, 2.45) is 5.10 Å². The normalized spacial score (nSPS) is 11.0. The van der Waals surface area contributed by atoms with E-state index in [4.69, 9.17) is 16.3 Å². The summed E-state index contributed by atoms with van der Waals surface area (Å²) in [5.41, 5.74) is 5.61. The molecule has 1 heterocycles. The number of hydrazone groups is 1. The molecule has 6 nitrogen and oxygen atoms in total. The van der Waals surface area contributed by atoms with Gasteiger partial charge in [-0.25, -0.2) is 5.43 Å². The Bertz CT molecular complexity index is 1260. The van der Waals surface area contributed by atoms with Crippen LogP contribution in [0.2, 0.25) is 5.02 Å². The highest BCUT2D eigenvalue weighted by atomic mass is 79.9. The van der Waals surface area contributed by atoms with Crippen LogP contribution in [0.1, 0.15) is 27.2 Å². The number of para-hydroxylation sites is 1. The van der Waals surface area contributed by atoms with Gasteiger partial charge in [0.1, 0.15) is 12.4 Å². The largest absolute Gasteiger partial charge is 0.488 e. The monoisotopic (exact) mass is 522 g/mol. The van der Waals surface area contributed by atoms with Gasteiger partial charge in [0.2, 0.25) is 0 Å². The lowest BCUT2D eigenvalue weighted by molar-refractivity contribution is 0.0948.